The third-order valence-corrected chi connectivity index (χ3v) is 15.0. The van der Waals surface area contributed by atoms with Gasteiger partial charge >= 0.3 is 11.9 Å². The zero-order valence-electron chi connectivity index (χ0n) is 49.6. The van der Waals surface area contributed by atoms with Crippen molar-refractivity contribution in [2.75, 3.05) is 19.6 Å². The highest BCUT2D eigenvalue weighted by Gasteiger charge is 2.41. The largest absolute Gasteiger partial charge is 0.481 e. The van der Waals surface area contributed by atoms with Crippen molar-refractivity contribution in [2.45, 2.75) is 138 Å². The zero-order chi connectivity index (χ0) is 67.5. The van der Waals surface area contributed by atoms with E-state index in [1.54, 1.807) is 54.7 Å². The molecule has 494 valence electrons. The van der Waals surface area contributed by atoms with Gasteiger partial charge in [-0.2, -0.15) is 0 Å². The monoisotopic (exact) mass is 1280 g/mol. The second-order valence-corrected chi connectivity index (χ2v) is 22.0. The van der Waals surface area contributed by atoms with Gasteiger partial charge in [0.15, 0.2) is 0 Å². The quantitative estimate of drug-likeness (QED) is 0.0251. The first-order valence-corrected chi connectivity index (χ1v) is 29.0. The molecule has 6 rings (SSSR count). The lowest BCUT2D eigenvalue weighted by Gasteiger charge is -2.31. The van der Waals surface area contributed by atoms with Crippen LogP contribution < -0.4 is 76.1 Å². The minimum absolute atomic E-state index is 0.0318. The first-order valence-electron chi connectivity index (χ1n) is 29.0. The van der Waals surface area contributed by atoms with Gasteiger partial charge < -0.3 is 101 Å². The van der Waals surface area contributed by atoms with Gasteiger partial charge in [-0.15, -0.1) is 0 Å². The van der Waals surface area contributed by atoms with E-state index in [4.69, 9.17) is 22.9 Å². The number of primary amides is 3. The summed E-state index contributed by atoms with van der Waals surface area (Å²) in [4.78, 5) is 219. The summed E-state index contributed by atoms with van der Waals surface area (Å²) in [7, 11) is 0. The topological polar surface area (TPSA) is 573 Å². The van der Waals surface area contributed by atoms with E-state index < -0.39 is 213 Å². The van der Waals surface area contributed by atoms with Crippen molar-refractivity contribution in [3.05, 3.63) is 72.1 Å². The average Bonchev–Trinajstić information content (AvgIpc) is 1.70. The summed E-state index contributed by atoms with van der Waals surface area (Å²) in [6, 6.07) is -2.27. The van der Waals surface area contributed by atoms with Crippen molar-refractivity contribution in [1.82, 2.24) is 68.0 Å². The molecule has 2 saturated heterocycles. The number of aromatic nitrogens is 2. The molecule has 22 N–H and O–H groups in total. The molecule has 35 heteroatoms. The number of likely N-dealkylation sites (tertiary alicyclic amines) is 1. The summed E-state index contributed by atoms with van der Waals surface area (Å²) in [5.74, 6) is -17.4. The van der Waals surface area contributed by atoms with Crippen LogP contribution in [0.4, 0.5) is 0 Å². The number of para-hydroxylation sites is 2. The lowest BCUT2D eigenvalue weighted by Crippen LogP contribution is -2.62. The van der Waals surface area contributed by atoms with Crippen LogP contribution in [0, 0.1) is 0 Å². The van der Waals surface area contributed by atoms with Crippen molar-refractivity contribution >= 4 is 116 Å². The molecule has 4 heterocycles. The van der Waals surface area contributed by atoms with Gasteiger partial charge in [-0.1, -0.05) is 36.4 Å². The van der Waals surface area contributed by atoms with Crippen molar-refractivity contribution in [3.63, 3.8) is 0 Å². The van der Waals surface area contributed by atoms with Crippen LogP contribution in [-0.2, 0) is 89.6 Å². The van der Waals surface area contributed by atoms with E-state index in [9.17, 15) is 86.9 Å². The first kappa shape index (κ1) is 70.1. The Kier molecular flexibility index (Phi) is 24.7. The number of nitrogens with zero attached hydrogens (tertiary/aromatic N) is 1. The number of hydrogen-bond donors (Lipinski definition) is 18. The highest BCUT2D eigenvalue weighted by Crippen LogP contribution is 2.23. The third kappa shape index (κ3) is 20.0. The Labute approximate surface area is 522 Å². The van der Waals surface area contributed by atoms with Crippen LogP contribution in [0.15, 0.2) is 60.9 Å². The number of carbonyl (C=O) groups is 16. The number of fused-ring (bicyclic) bond motifs is 2. The Morgan fingerprint density at radius 3 is 1.79 bits per heavy atom. The van der Waals surface area contributed by atoms with Crippen LogP contribution in [0.5, 0.6) is 0 Å². The molecule has 4 aromatic rings. The predicted octanol–water partition coefficient (Wildman–Crippen LogP) is -6.75. The van der Waals surface area contributed by atoms with E-state index in [2.05, 4.69) is 63.1 Å². The first-order chi connectivity index (χ1) is 43.6. The molecule has 0 spiro atoms. The maximum atomic E-state index is 14.5. The van der Waals surface area contributed by atoms with Crippen molar-refractivity contribution in [3.8, 4) is 0 Å². The molecule has 0 unspecified atom stereocenters. The lowest BCUT2D eigenvalue weighted by molar-refractivity contribution is -0.143. The fourth-order valence-corrected chi connectivity index (χ4v) is 10.2. The minimum Gasteiger partial charge on any atom is -0.481 e. The number of H-pyrrole nitrogens is 2. The molecule has 10 atom stereocenters. The summed E-state index contributed by atoms with van der Waals surface area (Å²) in [6.07, 6.45) is -2.10. The molecule has 2 aromatic carbocycles. The van der Waals surface area contributed by atoms with E-state index >= 15 is 0 Å². The number of carbonyl (C=O) groups excluding carboxylic acids is 14. The van der Waals surface area contributed by atoms with Gasteiger partial charge in [0, 0.05) is 73.0 Å². The summed E-state index contributed by atoms with van der Waals surface area (Å²) in [6.45, 7) is -0.501. The van der Waals surface area contributed by atoms with Crippen LogP contribution in [0.3, 0.4) is 0 Å². The molecule has 0 aliphatic carbocycles. The Balaban J connectivity index is 1.15. The Hall–Kier alpha value is -11.0. The van der Waals surface area contributed by atoms with E-state index in [-0.39, 0.29) is 32.2 Å². The summed E-state index contributed by atoms with van der Waals surface area (Å²) >= 11 is 0. The predicted molar refractivity (Wildman–Crippen MR) is 319 cm³/mol. The van der Waals surface area contributed by atoms with Gasteiger partial charge in [-0.3, -0.25) is 76.7 Å². The number of nitrogens with one attached hydrogen (secondary N) is 12. The molecule has 35 nitrogen and oxygen atoms in total. The number of aromatic amines is 2. The Morgan fingerprint density at radius 1 is 0.641 bits per heavy atom. The van der Waals surface area contributed by atoms with Crippen molar-refractivity contribution in [2.24, 2.45) is 22.9 Å². The van der Waals surface area contributed by atoms with Gasteiger partial charge in [-0.05, 0) is 55.9 Å². The SMILES string of the molecule is C[C@H](NC(=O)[C@@H]1CCCN1C(=O)[C@@H]1CNC(=O)[C@@H](N)CC(=O)N[C@@H](Cc2c[nH]c3ccccc23)C(=O)N[C@@H](CC(N)=O)C(=O)N1)C(=O)N[C@@H](CCC(=O)O)C(=O)N[C@@H](CCC(=O)O)C(=O)N[C@@H](Cc1c[nH]c2ccccc12)C(=O)NCC(=O)N[C@@H](CC(N)=O)C(N)=O. The minimum atomic E-state index is -1.81. The van der Waals surface area contributed by atoms with Gasteiger partial charge in [0.25, 0.3) is 0 Å². The maximum Gasteiger partial charge on any atom is 0.303 e. The second kappa shape index (κ2) is 32.5. The molecular weight excluding hydrogens is 1210 g/mol. The summed E-state index contributed by atoms with van der Waals surface area (Å²) in [5, 5.41) is 44.3. The maximum absolute atomic E-state index is 14.5. The molecule has 0 bridgehead atoms. The van der Waals surface area contributed by atoms with Crippen molar-refractivity contribution in [1.29, 1.82) is 0 Å². The van der Waals surface area contributed by atoms with Crippen LogP contribution in [0.1, 0.15) is 75.8 Å². The van der Waals surface area contributed by atoms with Gasteiger partial charge in [0.05, 0.1) is 31.8 Å². The second-order valence-electron chi connectivity index (χ2n) is 22.0. The summed E-state index contributed by atoms with van der Waals surface area (Å²) < 4.78 is 0. The fraction of sp³-hybridized carbons (Fsp3) is 0.439. The molecule has 92 heavy (non-hydrogen) atoms. The molecule has 2 aliphatic heterocycles. The molecule has 14 amide bonds. The normalized spacial score (nSPS) is 19.5. The van der Waals surface area contributed by atoms with Crippen LogP contribution in [0.2, 0.25) is 0 Å². The molecule has 0 radical (unpaired) electrons. The van der Waals surface area contributed by atoms with Gasteiger partial charge in [0.1, 0.15) is 54.4 Å². The number of carboxylic acid groups (broad SMARTS) is 2. The fourth-order valence-electron chi connectivity index (χ4n) is 10.2. The van der Waals surface area contributed by atoms with Crippen LogP contribution in [-0.4, -0.2) is 200 Å². The standard InChI is InChI=1S/C57H73N17O18/c1-26(66-56(91)41-11-6-16-74(41)57(92)40-24-64-50(85)31(58)19-44(77)68-38(18-28-23-63-33-10-5-3-8-30(28)33)54(89)72-39(21-43(60)76)55(90)73-40)49(84)69-34(12-14-46(79)80)52(87)70-35(13-15-47(81)82)53(88)71-37(17-27-22-62-32-9-4-2-7-29(27)32)51(86)65-25-45(78)67-36(48(61)83)20-42(59)75/h2-5,7-10,22-23,26,31,34-41,62-63H,6,11-21,24-25,58H2,1H3,(H2,59,75)(H2,60,76)(H2,61,83)(H,64,85)(H,65,86)(H,66,91)(H,67,78)(H,68,77)(H,69,84)(H,70,87)(H,71,88)(H,72,89)(H,73,90)(H,79,80)(H,81,82)/t26-,31-,34-,35-,36-,37-,38-,39-,40-,41-/m0/s1. The van der Waals surface area contributed by atoms with E-state index in [1.807, 2.05) is 0 Å². The van der Waals surface area contributed by atoms with E-state index in [0.717, 1.165) is 4.90 Å². The third-order valence-electron chi connectivity index (χ3n) is 15.0. The van der Waals surface area contributed by atoms with Crippen molar-refractivity contribution < 1.29 is 86.9 Å². The number of amides is 14. The number of carboxylic acids is 2. The summed E-state index contributed by atoms with van der Waals surface area (Å²) in [5.41, 5.74) is 24.4. The van der Waals surface area contributed by atoms with E-state index in [0.29, 0.717) is 32.9 Å². The highest BCUT2D eigenvalue weighted by atomic mass is 16.4. The number of benzene rings is 2. The number of nitrogens with two attached hydrogens (primary N) is 4. The lowest BCUT2D eigenvalue weighted by atomic mass is 10.0. The smallest absolute Gasteiger partial charge is 0.303 e. The zero-order valence-corrected chi connectivity index (χ0v) is 49.6. The van der Waals surface area contributed by atoms with E-state index in [1.165, 1.54) is 13.1 Å². The molecular formula is C57H73N17O18. The van der Waals surface area contributed by atoms with Gasteiger partial charge in [0.2, 0.25) is 82.7 Å². The number of hydrogen-bond acceptors (Lipinski definition) is 17. The van der Waals surface area contributed by atoms with Gasteiger partial charge in [-0.25, -0.2) is 0 Å². The molecule has 2 fully saturated rings. The molecule has 0 saturated carbocycles. The highest BCUT2D eigenvalue weighted by molar-refractivity contribution is 6.01. The molecule has 2 aliphatic rings. The average molecular weight is 1280 g/mol. The molecule has 2 aromatic heterocycles. The number of rotatable bonds is 28. The van der Waals surface area contributed by atoms with Crippen LogP contribution in [0.25, 0.3) is 21.8 Å². The number of aliphatic carboxylic acids is 2. The Bertz CT molecular complexity index is 3510. The Morgan fingerprint density at radius 2 is 1.21 bits per heavy atom. The van der Waals surface area contributed by atoms with Crippen LogP contribution >= 0.6 is 0 Å².